The van der Waals surface area contributed by atoms with E-state index in [9.17, 15) is 26.7 Å². The maximum atomic E-state index is 12.9. The molecule has 0 aliphatic heterocycles. The van der Waals surface area contributed by atoms with Gasteiger partial charge in [0.25, 0.3) is 6.43 Å². The molecule has 0 unspecified atom stereocenters. The van der Waals surface area contributed by atoms with Crippen molar-refractivity contribution in [1.82, 2.24) is 4.98 Å². The lowest BCUT2D eigenvalue weighted by Crippen LogP contribution is -2.20. The molecule has 0 radical (unpaired) electrons. The number of aromatic nitrogens is 1. The van der Waals surface area contributed by atoms with E-state index in [1.807, 2.05) is 0 Å². The Morgan fingerprint density at radius 3 is 2.45 bits per heavy atom. The van der Waals surface area contributed by atoms with E-state index in [1.165, 1.54) is 0 Å². The van der Waals surface area contributed by atoms with E-state index >= 15 is 0 Å². The maximum Gasteiger partial charge on any atom is 0.574 e. The number of hydrogen-bond acceptors (Lipinski definition) is 4. The van der Waals surface area contributed by atoms with E-state index in [-0.39, 0.29) is 16.5 Å². The molecule has 1 aromatic rings. The van der Waals surface area contributed by atoms with Gasteiger partial charge in [-0.05, 0) is 5.56 Å². The molecule has 0 amide bonds. The lowest BCUT2D eigenvalue weighted by atomic mass is 10.1. The minimum atomic E-state index is -5.17. The Labute approximate surface area is 118 Å². The zero-order valence-electron chi connectivity index (χ0n) is 9.80. The monoisotopic (exact) mass is 363 g/mol. The Hall–Kier alpha value is -1.45. The molecule has 0 spiro atoms. The number of halogens is 6. The molecule has 0 saturated heterocycles. The van der Waals surface area contributed by atoms with Gasteiger partial charge in [0.2, 0.25) is 5.88 Å². The van der Waals surface area contributed by atoms with Crippen molar-refractivity contribution in [2.45, 2.75) is 18.1 Å². The molecule has 0 aromatic carbocycles. The lowest BCUT2D eigenvalue weighted by Gasteiger charge is -2.16. The first-order chi connectivity index (χ1) is 9.21. The van der Waals surface area contributed by atoms with Crippen LogP contribution in [0.1, 0.15) is 27.9 Å². The number of rotatable bonds is 4. The first kappa shape index (κ1) is 16.6. The van der Waals surface area contributed by atoms with Crippen LogP contribution in [0.4, 0.5) is 22.0 Å². The van der Waals surface area contributed by atoms with Crippen LogP contribution in [0.2, 0.25) is 0 Å². The van der Waals surface area contributed by atoms with E-state index in [1.54, 1.807) is 0 Å². The predicted octanol–water partition coefficient (Wildman–Crippen LogP) is 3.60. The van der Waals surface area contributed by atoms with Crippen LogP contribution in [0, 0.1) is 0 Å². The summed E-state index contributed by atoms with van der Waals surface area (Å²) >= 11 is 2.83. The van der Waals surface area contributed by atoms with E-state index in [0.29, 0.717) is 6.20 Å². The molecular weight excluding hydrogens is 357 g/mol. The average Bonchev–Trinajstić information content (AvgIpc) is 2.34. The molecule has 0 aliphatic carbocycles. The third kappa shape index (κ3) is 3.78. The maximum absolute atomic E-state index is 12.9. The summed E-state index contributed by atoms with van der Waals surface area (Å²) in [5.74, 6) is -2.29. The topological polar surface area (TPSA) is 48.4 Å². The van der Waals surface area contributed by atoms with Crippen molar-refractivity contribution in [3.63, 3.8) is 0 Å². The van der Waals surface area contributed by atoms with Crippen molar-refractivity contribution < 1.29 is 36.2 Å². The predicted molar refractivity (Wildman–Crippen MR) is 59.8 cm³/mol. The highest BCUT2D eigenvalue weighted by Crippen LogP contribution is 2.36. The Morgan fingerprint density at radius 2 is 2.05 bits per heavy atom. The zero-order valence-corrected chi connectivity index (χ0v) is 11.4. The van der Waals surface area contributed by atoms with Gasteiger partial charge in [0, 0.05) is 11.5 Å². The number of methoxy groups -OCH3 is 1. The van der Waals surface area contributed by atoms with Gasteiger partial charge in [-0.2, -0.15) is 0 Å². The molecule has 0 fully saturated rings. The lowest BCUT2D eigenvalue weighted by molar-refractivity contribution is -0.276. The van der Waals surface area contributed by atoms with Gasteiger partial charge in [0.1, 0.15) is 0 Å². The van der Waals surface area contributed by atoms with Crippen LogP contribution in [-0.2, 0) is 10.1 Å². The summed E-state index contributed by atoms with van der Waals surface area (Å²) in [5.41, 5.74) is -1.85. The molecule has 0 atom stereocenters. The summed E-state index contributed by atoms with van der Waals surface area (Å²) in [7, 11) is 1.00. The molecule has 1 rings (SSSR count). The van der Waals surface area contributed by atoms with Crippen LogP contribution < -0.4 is 4.74 Å². The van der Waals surface area contributed by atoms with Gasteiger partial charge in [0.15, 0.2) is 0 Å². The fourth-order valence-corrected chi connectivity index (χ4v) is 1.99. The molecule has 0 saturated carbocycles. The van der Waals surface area contributed by atoms with Crippen LogP contribution >= 0.6 is 15.9 Å². The largest absolute Gasteiger partial charge is 0.574 e. The number of pyridine rings is 1. The van der Waals surface area contributed by atoms with Gasteiger partial charge in [-0.15, -0.1) is 13.2 Å². The molecule has 20 heavy (non-hydrogen) atoms. The van der Waals surface area contributed by atoms with Gasteiger partial charge in [-0.3, -0.25) is 0 Å². The van der Waals surface area contributed by atoms with E-state index in [0.717, 1.165) is 7.11 Å². The Balaban J connectivity index is 3.46. The number of carbonyl (C=O) groups is 1. The SMILES string of the molecule is COC(=O)c1cnc(OC(F)(F)F)c(C(F)F)c1CBr. The standard InChI is InChI=1S/C10H7BrF5NO3/c1-19-9(18)5-3-17-8(20-10(14,15)16)6(7(12)13)4(5)2-11/h3,7H,2H2,1H3. The molecule has 0 bridgehead atoms. The van der Waals surface area contributed by atoms with Crippen molar-refractivity contribution in [1.29, 1.82) is 0 Å². The number of alkyl halides is 6. The van der Waals surface area contributed by atoms with E-state index in [2.05, 4.69) is 30.4 Å². The van der Waals surface area contributed by atoms with Crippen molar-refractivity contribution in [2.24, 2.45) is 0 Å². The zero-order chi connectivity index (χ0) is 15.5. The molecule has 112 valence electrons. The van der Waals surface area contributed by atoms with Gasteiger partial charge in [-0.1, -0.05) is 15.9 Å². The molecule has 0 aliphatic rings. The second-order valence-electron chi connectivity index (χ2n) is 3.34. The van der Waals surface area contributed by atoms with Gasteiger partial charge in [0.05, 0.1) is 18.2 Å². The highest BCUT2D eigenvalue weighted by atomic mass is 79.9. The van der Waals surface area contributed by atoms with Crippen molar-refractivity contribution in [2.75, 3.05) is 7.11 Å². The third-order valence-corrected chi connectivity index (χ3v) is 2.72. The Morgan fingerprint density at radius 1 is 1.45 bits per heavy atom. The number of nitrogens with zero attached hydrogens (tertiary/aromatic N) is 1. The van der Waals surface area contributed by atoms with Crippen LogP contribution in [0.15, 0.2) is 6.20 Å². The second-order valence-corrected chi connectivity index (χ2v) is 3.90. The second kappa shape index (κ2) is 6.33. The smallest absolute Gasteiger partial charge is 0.465 e. The molecule has 0 N–H and O–H groups in total. The molecule has 1 heterocycles. The van der Waals surface area contributed by atoms with Crippen molar-refractivity contribution in [3.05, 3.63) is 22.9 Å². The minimum Gasteiger partial charge on any atom is -0.465 e. The number of carbonyl (C=O) groups excluding carboxylic acids is 1. The summed E-state index contributed by atoms with van der Waals surface area (Å²) < 4.78 is 70.1. The average molecular weight is 364 g/mol. The van der Waals surface area contributed by atoms with Crippen LogP contribution in [-0.4, -0.2) is 24.4 Å². The van der Waals surface area contributed by atoms with Gasteiger partial charge >= 0.3 is 12.3 Å². The summed E-state index contributed by atoms with van der Waals surface area (Å²) in [6.07, 6.45) is -7.79. The molecule has 4 nitrogen and oxygen atoms in total. The number of esters is 1. The summed E-state index contributed by atoms with van der Waals surface area (Å²) in [4.78, 5) is 14.5. The van der Waals surface area contributed by atoms with Gasteiger partial charge < -0.3 is 9.47 Å². The summed E-state index contributed by atoms with van der Waals surface area (Å²) in [5, 5.41) is -0.298. The Bertz CT molecular complexity index is 506. The highest BCUT2D eigenvalue weighted by Gasteiger charge is 2.36. The van der Waals surface area contributed by atoms with Crippen LogP contribution in [0.25, 0.3) is 0 Å². The normalized spacial score (nSPS) is 11.6. The third-order valence-electron chi connectivity index (χ3n) is 2.16. The fraction of sp³-hybridized carbons (Fsp3) is 0.400. The molecule has 10 heteroatoms. The van der Waals surface area contributed by atoms with E-state index < -0.39 is 30.2 Å². The molecule has 1 aromatic heterocycles. The minimum absolute atomic E-state index is 0.298. The van der Waals surface area contributed by atoms with Crippen molar-refractivity contribution >= 4 is 21.9 Å². The fourth-order valence-electron chi connectivity index (χ4n) is 1.39. The molecular formula is C10H7BrF5NO3. The highest BCUT2D eigenvalue weighted by molar-refractivity contribution is 9.08. The van der Waals surface area contributed by atoms with Crippen molar-refractivity contribution in [3.8, 4) is 5.88 Å². The van der Waals surface area contributed by atoms with Crippen LogP contribution in [0.3, 0.4) is 0 Å². The van der Waals surface area contributed by atoms with Crippen LogP contribution in [0.5, 0.6) is 5.88 Å². The number of hydrogen-bond donors (Lipinski definition) is 0. The van der Waals surface area contributed by atoms with E-state index in [4.69, 9.17) is 0 Å². The quantitative estimate of drug-likeness (QED) is 0.466. The Kier molecular flexibility index (Phi) is 5.26. The summed E-state index contributed by atoms with van der Waals surface area (Å²) in [6.45, 7) is 0. The number of ether oxygens (including phenoxy) is 2. The van der Waals surface area contributed by atoms with Gasteiger partial charge in [-0.25, -0.2) is 18.6 Å². The summed E-state index contributed by atoms with van der Waals surface area (Å²) in [6, 6.07) is 0. The first-order valence-corrected chi connectivity index (χ1v) is 6.03. The first-order valence-electron chi connectivity index (χ1n) is 4.91.